The zero-order chi connectivity index (χ0) is 16.9. The maximum Gasteiger partial charge on any atom is 0.358 e. The zero-order valence-electron chi connectivity index (χ0n) is 12.8. The molecule has 3 aromatic rings. The number of hydrogen-bond donors (Lipinski definition) is 0. The molecule has 24 heavy (non-hydrogen) atoms. The smallest absolute Gasteiger partial charge is 0.358 e. The predicted octanol–water partition coefficient (Wildman–Crippen LogP) is 3.22. The van der Waals surface area contributed by atoms with E-state index in [1.54, 1.807) is 22.2 Å². The fourth-order valence-electron chi connectivity index (χ4n) is 2.04. The molecule has 9 heteroatoms. The van der Waals surface area contributed by atoms with Crippen molar-refractivity contribution in [2.45, 2.75) is 26.5 Å². The molecule has 0 fully saturated rings. The minimum atomic E-state index is -0.509. The number of carbonyl (C=O) groups excluding carboxylic acids is 1. The minimum Gasteiger partial charge on any atom is -0.453 e. The number of rotatable bonds is 6. The fraction of sp³-hybridized carbons (Fsp3) is 0.267. The molecule has 0 aliphatic carbocycles. The van der Waals surface area contributed by atoms with E-state index in [2.05, 4.69) is 20.5 Å². The van der Waals surface area contributed by atoms with E-state index < -0.39 is 5.97 Å². The van der Waals surface area contributed by atoms with Crippen molar-refractivity contribution >= 4 is 28.9 Å². The van der Waals surface area contributed by atoms with Gasteiger partial charge in [-0.05, 0) is 29.0 Å². The Bertz CT molecular complexity index is 848. The first kappa shape index (κ1) is 16.5. The summed E-state index contributed by atoms with van der Waals surface area (Å²) in [6.45, 7) is 2.70. The van der Waals surface area contributed by atoms with Gasteiger partial charge in [0.25, 0.3) is 0 Å². The largest absolute Gasteiger partial charge is 0.453 e. The number of tetrazole rings is 1. The third-order valence-corrected chi connectivity index (χ3v) is 4.29. The van der Waals surface area contributed by atoms with Crippen LogP contribution in [0, 0.1) is 0 Å². The van der Waals surface area contributed by atoms with Crippen LogP contribution in [0.5, 0.6) is 0 Å². The fourth-order valence-corrected chi connectivity index (χ4v) is 3.01. The summed E-state index contributed by atoms with van der Waals surface area (Å²) in [5.41, 5.74) is 1.11. The summed E-state index contributed by atoms with van der Waals surface area (Å²) in [5.74, 6) is 0.000991. The number of ether oxygens (including phenoxy) is 1. The van der Waals surface area contributed by atoms with Gasteiger partial charge in [-0.3, -0.25) is 0 Å². The van der Waals surface area contributed by atoms with Gasteiger partial charge in [-0.2, -0.15) is 0 Å². The van der Waals surface area contributed by atoms with Crippen molar-refractivity contribution in [3.8, 4) is 10.6 Å². The Kier molecular flexibility index (Phi) is 5.17. The molecule has 0 atom stereocenters. The summed E-state index contributed by atoms with van der Waals surface area (Å²) in [7, 11) is 0. The highest BCUT2D eigenvalue weighted by molar-refractivity contribution is 7.13. The lowest BCUT2D eigenvalue weighted by molar-refractivity contribution is 0.0450. The molecule has 0 aliphatic heterocycles. The molecule has 3 rings (SSSR count). The number of aromatic nitrogens is 5. The van der Waals surface area contributed by atoms with Crippen molar-refractivity contribution in [2.24, 2.45) is 0 Å². The van der Waals surface area contributed by atoms with Crippen molar-refractivity contribution in [3.63, 3.8) is 0 Å². The van der Waals surface area contributed by atoms with E-state index in [-0.39, 0.29) is 12.3 Å². The molecule has 124 valence electrons. The number of nitrogens with zero attached hydrogens (tertiary/aromatic N) is 5. The normalized spacial score (nSPS) is 10.8. The van der Waals surface area contributed by atoms with E-state index in [1.165, 1.54) is 11.3 Å². The van der Waals surface area contributed by atoms with Crippen LogP contribution in [0.3, 0.4) is 0 Å². The number of esters is 1. The Balaban J connectivity index is 1.67. The molecule has 0 radical (unpaired) electrons. The van der Waals surface area contributed by atoms with Crippen LogP contribution in [-0.4, -0.2) is 31.2 Å². The molecule has 0 saturated heterocycles. The van der Waals surface area contributed by atoms with E-state index in [0.717, 1.165) is 12.0 Å². The number of thiazole rings is 1. The Hall–Kier alpha value is -2.32. The van der Waals surface area contributed by atoms with Gasteiger partial charge >= 0.3 is 5.97 Å². The van der Waals surface area contributed by atoms with Crippen LogP contribution in [0.4, 0.5) is 0 Å². The van der Waals surface area contributed by atoms with Gasteiger partial charge in [0.15, 0.2) is 18.1 Å². The first-order valence-electron chi connectivity index (χ1n) is 7.31. The van der Waals surface area contributed by atoms with Gasteiger partial charge in [0.1, 0.15) is 5.01 Å². The topological polar surface area (TPSA) is 82.8 Å². The monoisotopic (exact) mass is 363 g/mol. The van der Waals surface area contributed by atoms with Gasteiger partial charge in [-0.25, -0.2) is 14.5 Å². The van der Waals surface area contributed by atoms with Gasteiger partial charge < -0.3 is 4.74 Å². The van der Waals surface area contributed by atoms with E-state index >= 15 is 0 Å². The lowest BCUT2D eigenvalue weighted by atomic mass is 10.2. The van der Waals surface area contributed by atoms with E-state index in [1.807, 2.05) is 19.1 Å². The van der Waals surface area contributed by atoms with Gasteiger partial charge in [0, 0.05) is 22.5 Å². The van der Waals surface area contributed by atoms with Crippen LogP contribution in [-0.2, 0) is 17.9 Å². The second-order valence-corrected chi connectivity index (χ2v) is 6.24. The average Bonchev–Trinajstić information content (AvgIpc) is 3.22. The van der Waals surface area contributed by atoms with Crippen molar-refractivity contribution in [2.75, 3.05) is 0 Å². The molecular weight excluding hydrogens is 350 g/mol. The number of aryl methyl sites for hydroxylation is 1. The lowest BCUT2D eigenvalue weighted by Gasteiger charge is -2.03. The maximum atomic E-state index is 12.1. The SMILES string of the molecule is CCCn1nnnc1COC(=O)c1csc(-c2cccc(Cl)c2)n1. The van der Waals surface area contributed by atoms with E-state index in [0.29, 0.717) is 22.4 Å². The summed E-state index contributed by atoms with van der Waals surface area (Å²) >= 11 is 7.33. The molecule has 0 saturated carbocycles. The van der Waals surface area contributed by atoms with Crippen LogP contribution in [0.1, 0.15) is 29.7 Å². The summed E-state index contributed by atoms with van der Waals surface area (Å²) in [6.07, 6.45) is 0.890. The third-order valence-electron chi connectivity index (χ3n) is 3.16. The van der Waals surface area contributed by atoms with Crippen LogP contribution >= 0.6 is 22.9 Å². The summed E-state index contributed by atoms with van der Waals surface area (Å²) in [4.78, 5) is 16.4. The van der Waals surface area contributed by atoms with Crippen LogP contribution in [0.2, 0.25) is 5.02 Å². The Morgan fingerprint density at radius 2 is 2.29 bits per heavy atom. The number of carbonyl (C=O) groups is 1. The van der Waals surface area contributed by atoms with Gasteiger partial charge in [0.2, 0.25) is 0 Å². The second-order valence-electron chi connectivity index (χ2n) is 4.94. The first-order valence-corrected chi connectivity index (χ1v) is 8.56. The number of hydrogen-bond acceptors (Lipinski definition) is 7. The number of benzene rings is 1. The number of halogens is 1. The molecular formula is C15H14ClN5O2S. The molecule has 2 aromatic heterocycles. The van der Waals surface area contributed by atoms with Crippen LogP contribution in [0.25, 0.3) is 10.6 Å². The summed E-state index contributed by atoms with van der Waals surface area (Å²) < 4.78 is 6.87. The van der Waals surface area contributed by atoms with Crippen molar-refractivity contribution < 1.29 is 9.53 Å². The Morgan fingerprint density at radius 3 is 3.08 bits per heavy atom. The second kappa shape index (κ2) is 7.50. The summed E-state index contributed by atoms with van der Waals surface area (Å²) in [6, 6.07) is 7.31. The zero-order valence-corrected chi connectivity index (χ0v) is 14.4. The molecule has 0 N–H and O–H groups in total. The first-order chi connectivity index (χ1) is 11.7. The summed E-state index contributed by atoms with van der Waals surface area (Å²) in [5, 5.41) is 14.3. The van der Waals surface area contributed by atoms with Crippen molar-refractivity contribution in [3.05, 3.63) is 46.2 Å². The molecule has 0 amide bonds. The standard InChI is InChI=1S/C15H14ClN5O2S/c1-2-6-21-13(18-19-20-21)8-23-15(22)12-9-24-14(17-12)10-4-3-5-11(16)7-10/h3-5,7,9H,2,6,8H2,1H3. The minimum absolute atomic E-state index is 0.00978. The molecule has 0 spiro atoms. The average molecular weight is 364 g/mol. The van der Waals surface area contributed by atoms with Gasteiger partial charge in [0.05, 0.1) is 0 Å². The van der Waals surface area contributed by atoms with Gasteiger partial charge in [-0.15, -0.1) is 16.4 Å². The third kappa shape index (κ3) is 3.77. The van der Waals surface area contributed by atoms with E-state index in [9.17, 15) is 4.79 Å². The highest BCUT2D eigenvalue weighted by Gasteiger charge is 2.15. The quantitative estimate of drug-likeness (QED) is 0.625. The van der Waals surface area contributed by atoms with Crippen molar-refractivity contribution in [1.82, 2.24) is 25.2 Å². The lowest BCUT2D eigenvalue weighted by Crippen LogP contribution is -2.11. The van der Waals surface area contributed by atoms with Crippen LogP contribution in [0.15, 0.2) is 29.6 Å². The molecule has 0 unspecified atom stereocenters. The molecule has 0 aliphatic rings. The van der Waals surface area contributed by atoms with E-state index in [4.69, 9.17) is 16.3 Å². The maximum absolute atomic E-state index is 12.1. The molecule has 1 aromatic carbocycles. The predicted molar refractivity (Wildman–Crippen MR) is 89.8 cm³/mol. The van der Waals surface area contributed by atoms with Crippen molar-refractivity contribution in [1.29, 1.82) is 0 Å². The molecule has 7 nitrogen and oxygen atoms in total. The molecule has 0 bridgehead atoms. The van der Waals surface area contributed by atoms with Crippen LogP contribution < -0.4 is 0 Å². The highest BCUT2D eigenvalue weighted by atomic mass is 35.5. The Labute approximate surface area is 147 Å². The Morgan fingerprint density at radius 1 is 1.42 bits per heavy atom. The van der Waals surface area contributed by atoms with Gasteiger partial charge in [-0.1, -0.05) is 30.7 Å². The molecule has 2 heterocycles. The highest BCUT2D eigenvalue weighted by Crippen LogP contribution is 2.26.